The molecule has 0 spiro atoms. The van der Waals surface area contributed by atoms with E-state index in [0.717, 1.165) is 43.3 Å². The maximum Gasteiger partial charge on any atom is 0.326 e. The van der Waals surface area contributed by atoms with E-state index in [1.165, 1.54) is 41.0 Å². The summed E-state index contributed by atoms with van der Waals surface area (Å²) in [6.07, 6.45) is 4.49. The molecule has 2 aromatic carbocycles. The molecule has 10 nitrogen and oxygen atoms in total. The minimum atomic E-state index is -3.69. The molecule has 3 aromatic rings. The van der Waals surface area contributed by atoms with Crippen molar-refractivity contribution in [2.75, 3.05) is 19.4 Å². The zero-order valence-electron chi connectivity index (χ0n) is 22.0. The van der Waals surface area contributed by atoms with Gasteiger partial charge in [0.25, 0.3) is 5.91 Å². The van der Waals surface area contributed by atoms with Crippen LogP contribution in [0.2, 0.25) is 0 Å². The number of aromatic nitrogens is 1. The second-order valence-electron chi connectivity index (χ2n) is 9.29. The second-order valence-corrected chi connectivity index (χ2v) is 14.2. The van der Waals surface area contributed by atoms with Crippen molar-refractivity contribution in [1.82, 2.24) is 8.87 Å². The molecule has 0 aliphatic carbocycles. The summed E-state index contributed by atoms with van der Waals surface area (Å²) < 4.78 is 59.2. The van der Waals surface area contributed by atoms with Crippen molar-refractivity contribution < 1.29 is 31.2 Å². The average molecular weight is 594 g/mol. The third kappa shape index (κ3) is 6.32. The summed E-state index contributed by atoms with van der Waals surface area (Å²) in [7, 11) is -7.16. The highest BCUT2D eigenvalue weighted by Crippen LogP contribution is 2.27. The number of carbonyl (C=O) groups excluding carboxylic acids is 2. The molecule has 0 radical (unpaired) electrons. The monoisotopic (exact) mass is 593 g/mol. The zero-order valence-corrected chi connectivity index (χ0v) is 24.4. The molecule has 0 bridgehead atoms. The van der Waals surface area contributed by atoms with E-state index in [-0.39, 0.29) is 39.3 Å². The van der Waals surface area contributed by atoms with Crippen molar-refractivity contribution >= 4 is 53.3 Å². The van der Waals surface area contributed by atoms with Gasteiger partial charge in [0.05, 0.1) is 26.6 Å². The predicted octanol–water partition coefficient (Wildman–Crippen LogP) is 3.36. The van der Waals surface area contributed by atoms with Crippen molar-refractivity contribution in [1.29, 1.82) is 0 Å². The molecular weight excluding hydrogens is 563 g/mol. The van der Waals surface area contributed by atoms with Crippen molar-refractivity contribution in [2.45, 2.75) is 61.9 Å². The van der Waals surface area contributed by atoms with E-state index < -0.39 is 31.7 Å². The number of nitrogens with zero attached hydrogens (tertiary/aromatic N) is 3. The zero-order chi connectivity index (χ0) is 28.4. The Balaban J connectivity index is 1.70. The molecule has 4 rings (SSSR count). The van der Waals surface area contributed by atoms with Crippen LogP contribution in [0.5, 0.6) is 0 Å². The second kappa shape index (κ2) is 11.7. The lowest BCUT2D eigenvalue weighted by Gasteiger charge is -2.34. The Labute approximate surface area is 231 Å². The van der Waals surface area contributed by atoms with Crippen LogP contribution in [-0.2, 0) is 35.9 Å². The number of rotatable bonds is 8. The molecule has 2 heterocycles. The van der Waals surface area contributed by atoms with Crippen LogP contribution in [-0.4, -0.2) is 63.0 Å². The van der Waals surface area contributed by atoms with Gasteiger partial charge in [0.2, 0.25) is 10.0 Å². The Bertz CT molecular complexity index is 1670. The molecule has 13 heteroatoms. The van der Waals surface area contributed by atoms with Gasteiger partial charge < -0.3 is 9.30 Å². The summed E-state index contributed by atoms with van der Waals surface area (Å²) in [5, 5.41) is 0. The van der Waals surface area contributed by atoms with Crippen molar-refractivity contribution in [2.24, 2.45) is 4.99 Å². The molecule has 210 valence electrons. The summed E-state index contributed by atoms with van der Waals surface area (Å²) in [6, 6.07) is 10.1. The minimum Gasteiger partial charge on any atom is -0.465 e. The number of hydrogen-bond acceptors (Lipinski definition) is 8. The molecular formula is C26H31N3O7S3. The number of hydrogen-bond donors (Lipinski definition) is 0. The first-order valence-electron chi connectivity index (χ1n) is 12.7. The first kappa shape index (κ1) is 29.1. The molecule has 1 unspecified atom stereocenters. The van der Waals surface area contributed by atoms with Crippen LogP contribution in [0.1, 0.15) is 49.9 Å². The number of amides is 1. The topological polar surface area (TPSA) is 132 Å². The largest absolute Gasteiger partial charge is 0.465 e. The fraction of sp³-hybridized carbons (Fsp3) is 0.423. The van der Waals surface area contributed by atoms with E-state index in [1.54, 1.807) is 17.3 Å². The lowest BCUT2D eigenvalue weighted by atomic mass is 10.0. The van der Waals surface area contributed by atoms with Crippen LogP contribution in [0.25, 0.3) is 10.2 Å². The molecule has 39 heavy (non-hydrogen) atoms. The van der Waals surface area contributed by atoms with Gasteiger partial charge in [-0.25, -0.2) is 16.8 Å². The quantitative estimate of drug-likeness (QED) is 0.366. The van der Waals surface area contributed by atoms with Gasteiger partial charge in [-0.2, -0.15) is 9.30 Å². The van der Waals surface area contributed by atoms with Gasteiger partial charge in [0.15, 0.2) is 14.6 Å². The van der Waals surface area contributed by atoms with Crippen LogP contribution in [0, 0.1) is 0 Å². The van der Waals surface area contributed by atoms with E-state index in [0.29, 0.717) is 16.8 Å². The van der Waals surface area contributed by atoms with Crippen molar-refractivity contribution in [3.63, 3.8) is 0 Å². The maximum atomic E-state index is 13.3. The number of fused-ring (bicyclic) bond motifs is 1. The molecule has 1 atom stereocenters. The van der Waals surface area contributed by atoms with Crippen LogP contribution >= 0.6 is 11.3 Å². The first-order valence-corrected chi connectivity index (χ1v) is 16.8. The van der Waals surface area contributed by atoms with Crippen LogP contribution in [0.3, 0.4) is 0 Å². The number of carbonyl (C=O) groups is 2. The highest BCUT2D eigenvalue weighted by Gasteiger charge is 2.32. The van der Waals surface area contributed by atoms with Crippen molar-refractivity contribution in [3.8, 4) is 0 Å². The molecule has 1 fully saturated rings. The third-order valence-corrected chi connectivity index (χ3v) is 10.7. The van der Waals surface area contributed by atoms with E-state index in [2.05, 4.69) is 4.99 Å². The molecule has 1 aliphatic heterocycles. The SMILES string of the molecule is CCOC(=O)Cn1c(=NC(=O)c2ccc(S(=O)(=O)N3CCCCC3CC)cc2)sc2cc(S(C)(=O)=O)ccc21. The normalized spacial score (nSPS) is 17.4. The van der Waals surface area contributed by atoms with E-state index in [4.69, 9.17) is 4.74 Å². The Hall–Kier alpha value is -2.87. The third-order valence-electron chi connectivity index (χ3n) is 6.62. The standard InChI is InChI=1S/C26H31N3O7S3/c1-4-19-8-6-7-15-29(19)39(34,35)20-11-9-18(10-12-20)25(31)27-26-28(17-24(30)36-5-2)22-14-13-21(38(3,32)33)16-23(22)37-26/h9-14,16,19H,4-8,15,17H2,1-3H3. The molecule has 0 N–H and O–H groups in total. The number of sulfone groups is 1. The molecule has 1 saturated heterocycles. The number of esters is 1. The summed E-state index contributed by atoms with van der Waals surface area (Å²) in [4.78, 5) is 30.0. The minimum absolute atomic E-state index is 0.0360. The van der Waals surface area contributed by atoms with Gasteiger partial charge >= 0.3 is 5.97 Å². The lowest BCUT2D eigenvalue weighted by molar-refractivity contribution is -0.143. The average Bonchev–Trinajstić information content (AvgIpc) is 3.24. The molecule has 1 aliphatic rings. The number of ether oxygens (including phenoxy) is 1. The number of benzene rings is 2. The Morgan fingerprint density at radius 2 is 1.72 bits per heavy atom. The smallest absolute Gasteiger partial charge is 0.326 e. The van der Waals surface area contributed by atoms with Gasteiger partial charge in [0, 0.05) is 24.4 Å². The maximum absolute atomic E-state index is 13.3. The fourth-order valence-corrected chi connectivity index (χ4v) is 8.17. The Kier molecular flexibility index (Phi) is 8.74. The Morgan fingerprint density at radius 3 is 2.36 bits per heavy atom. The van der Waals surface area contributed by atoms with E-state index in [1.807, 2.05) is 6.92 Å². The summed E-state index contributed by atoms with van der Waals surface area (Å²) in [6.45, 7) is 4.09. The van der Waals surface area contributed by atoms with Gasteiger partial charge in [0.1, 0.15) is 6.54 Å². The summed E-state index contributed by atoms with van der Waals surface area (Å²) >= 11 is 1.07. The van der Waals surface area contributed by atoms with E-state index >= 15 is 0 Å². The van der Waals surface area contributed by atoms with Gasteiger partial charge in [-0.05, 0) is 68.7 Å². The van der Waals surface area contributed by atoms with Crippen LogP contribution in [0.4, 0.5) is 0 Å². The van der Waals surface area contributed by atoms with Crippen LogP contribution in [0.15, 0.2) is 57.2 Å². The molecule has 0 saturated carbocycles. The number of thiazole rings is 1. The first-order chi connectivity index (χ1) is 18.5. The lowest BCUT2D eigenvalue weighted by Crippen LogP contribution is -2.43. The van der Waals surface area contributed by atoms with Gasteiger partial charge in [-0.1, -0.05) is 24.7 Å². The van der Waals surface area contributed by atoms with Gasteiger partial charge in [-0.3, -0.25) is 9.59 Å². The fourth-order valence-electron chi connectivity index (χ4n) is 4.61. The summed E-state index contributed by atoms with van der Waals surface area (Å²) in [5.41, 5.74) is 0.706. The highest BCUT2D eigenvalue weighted by atomic mass is 32.2. The number of sulfonamides is 1. The Morgan fingerprint density at radius 1 is 1.03 bits per heavy atom. The highest BCUT2D eigenvalue weighted by molar-refractivity contribution is 7.90. The van der Waals surface area contributed by atoms with Crippen LogP contribution < -0.4 is 4.80 Å². The van der Waals surface area contributed by atoms with E-state index in [9.17, 15) is 26.4 Å². The predicted molar refractivity (Wildman–Crippen MR) is 148 cm³/mol. The molecule has 1 amide bonds. The van der Waals surface area contributed by atoms with Crippen molar-refractivity contribution in [3.05, 3.63) is 52.8 Å². The summed E-state index contributed by atoms with van der Waals surface area (Å²) in [5.74, 6) is -1.16. The van der Waals surface area contributed by atoms with Gasteiger partial charge in [-0.15, -0.1) is 0 Å². The number of piperidine rings is 1. The molecule has 1 aromatic heterocycles.